The molecule has 4 heteroatoms. The summed E-state index contributed by atoms with van der Waals surface area (Å²) in [6.07, 6.45) is 2.26. The zero-order valence-electron chi connectivity index (χ0n) is 17.4. The van der Waals surface area contributed by atoms with Crippen LogP contribution in [0.15, 0.2) is 12.2 Å². The third-order valence-corrected chi connectivity index (χ3v) is 8.06. The Hall–Kier alpha value is -0.420. The maximum atomic E-state index is 11.5. The van der Waals surface area contributed by atoms with Crippen molar-refractivity contribution in [2.75, 3.05) is 0 Å². The van der Waals surface area contributed by atoms with Crippen molar-refractivity contribution in [1.29, 1.82) is 0 Å². The molecule has 2 aliphatic heterocycles. The van der Waals surface area contributed by atoms with Crippen molar-refractivity contribution < 1.29 is 20.1 Å². The fourth-order valence-corrected chi connectivity index (χ4v) is 6.51. The zero-order valence-corrected chi connectivity index (χ0v) is 17.4. The molecular formula is C22H38O4. The molecule has 3 fully saturated rings. The Morgan fingerprint density at radius 3 is 2.31 bits per heavy atom. The second-order valence-electron chi connectivity index (χ2n) is 10.5. The Morgan fingerprint density at radius 2 is 1.73 bits per heavy atom. The van der Waals surface area contributed by atoms with Gasteiger partial charge in [-0.25, -0.2) is 0 Å². The quantitative estimate of drug-likeness (QED) is 0.622. The first-order valence-corrected chi connectivity index (χ1v) is 10.3. The van der Waals surface area contributed by atoms with Crippen LogP contribution in [0.4, 0.5) is 0 Å². The molecule has 0 aromatic rings. The molecule has 0 aromatic carbocycles. The van der Waals surface area contributed by atoms with Gasteiger partial charge in [0.2, 0.25) is 0 Å². The molecule has 150 valence electrons. The van der Waals surface area contributed by atoms with Gasteiger partial charge in [0.05, 0.1) is 28.5 Å². The standard InChI is InChI=1S/C22H38O4/c1-13(2)15-9-8-14(3)17-18(15)22(7)21(6,25)11-10-16(23)19(4,24)12-20(17,5)26-22/h13,15-18,23-25H,3,8-12H2,1-2,4-7H3/t15-,16+,17?,18?,19+,20?,21-,22?/m1/s1. The molecule has 8 atom stereocenters. The summed E-state index contributed by atoms with van der Waals surface area (Å²) in [5.74, 6) is 1.18. The maximum Gasteiger partial charge on any atom is 0.0982 e. The molecule has 3 rings (SSSR count). The van der Waals surface area contributed by atoms with Gasteiger partial charge in [-0.05, 0) is 65.2 Å². The maximum absolute atomic E-state index is 11.5. The van der Waals surface area contributed by atoms with Crippen molar-refractivity contribution in [3.63, 3.8) is 0 Å². The van der Waals surface area contributed by atoms with E-state index in [0.717, 1.165) is 12.8 Å². The highest BCUT2D eigenvalue weighted by Gasteiger charge is 2.68. The predicted molar refractivity (Wildman–Crippen MR) is 103 cm³/mol. The van der Waals surface area contributed by atoms with Crippen LogP contribution in [0, 0.1) is 23.7 Å². The normalized spacial score (nSPS) is 55.2. The molecular weight excluding hydrogens is 328 g/mol. The number of rotatable bonds is 1. The van der Waals surface area contributed by atoms with Gasteiger partial charge in [-0.15, -0.1) is 0 Å². The minimum absolute atomic E-state index is 0.0805. The molecule has 3 N–H and O–H groups in total. The van der Waals surface area contributed by atoms with Gasteiger partial charge in [0.1, 0.15) is 0 Å². The van der Waals surface area contributed by atoms with E-state index in [1.54, 1.807) is 6.92 Å². The summed E-state index contributed by atoms with van der Waals surface area (Å²) < 4.78 is 6.77. The van der Waals surface area contributed by atoms with Crippen molar-refractivity contribution in [2.45, 2.75) is 102 Å². The SMILES string of the molecule is C=C1CC[C@H](C(C)C)C2C1C1(C)C[C@](C)(O)[C@@H](O)CC[C@@](C)(O)C2(C)O1. The highest BCUT2D eigenvalue weighted by atomic mass is 16.5. The summed E-state index contributed by atoms with van der Waals surface area (Å²) >= 11 is 0. The van der Waals surface area contributed by atoms with E-state index in [1.807, 2.05) is 13.8 Å². The van der Waals surface area contributed by atoms with Crippen molar-refractivity contribution in [1.82, 2.24) is 0 Å². The molecule has 4 unspecified atom stereocenters. The van der Waals surface area contributed by atoms with E-state index in [4.69, 9.17) is 4.74 Å². The summed E-state index contributed by atoms with van der Waals surface area (Å²) in [5, 5.41) is 33.1. The number of aliphatic hydroxyl groups excluding tert-OH is 1. The number of hydrogen-bond donors (Lipinski definition) is 3. The molecule has 1 saturated carbocycles. The van der Waals surface area contributed by atoms with Crippen LogP contribution >= 0.6 is 0 Å². The monoisotopic (exact) mass is 366 g/mol. The molecule has 0 amide bonds. The summed E-state index contributed by atoms with van der Waals surface area (Å²) in [7, 11) is 0. The second-order valence-corrected chi connectivity index (χ2v) is 10.5. The van der Waals surface area contributed by atoms with Gasteiger partial charge >= 0.3 is 0 Å². The first-order chi connectivity index (χ1) is 11.8. The summed E-state index contributed by atoms with van der Waals surface area (Å²) in [5.41, 5.74) is -2.55. The van der Waals surface area contributed by atoms with Gasteiger partial charge in [-0.2, -0.15) is 0 Å². The lowest BCUT2D eigenvalue weighted by atomic mass is 9.54. The number of aliphatic hydroxyl groups is 3. The predicted octanol–water partition coefficient (Wildman–Crippen LogP) is 3.44. The summed E-state index contributed by atoms with van der Waals surface area (Å²) in [4.78, 5) is 0. The Kier molecular flexibility index (Phi) is 4.72. The van der Waals surface area contributed by atoms with Crippen LogP contribution < -0.4 is 0 Å². The second kappa shape index (κ2) is 6.04. The smallest absolute Gasteiger partial charge is 0.0982 e. The number of hydrogen-bond acceptors (Lipinski definition) is 4. The summed E-state index contributed by atoms with van der Waals surface area (Å²) in [6.45, 7) is 16.5. The molecule has 4 nitrogen and oxygen atoms in total. The minimum Gasteiger partial charge on any atom is -0.390 e. The minimum atomic E-state index is -1.25. The Balaban J connectivity index is 2.18. The number of ether oxygens (including phenoxy) is 1. The Labute approximate surface area is 158 Å². The van der Waals surface area contributed by atoms with Crippen molar-refractivity contribution in [2.24, 2.45) is 23.7 Å². The van der Waals surface area contributed by atoms with Crippen LogP contribution in [0.3, 0.4) is 0 Å². The fourth-order valence-electron chi connectivity index (χ4n) is 6.51. The van der Waals surface area contributed by atoms with Crippen LogP contribution in [0.2, 0.25) is 0 Å². The molecule has 2 saturated heterocycles. The van der Waals surface area contributed by atoms with Crippen molar-refractivity contribution >= 4 is 0 Å². The van der Waals surface area contributed by atoms with E-state index in [1.165, 1.54) is 5.57 Å². The number of fused-ring (bicyclic) bond motifs is 5. The van der Waals surface area contributed by atoms with Crippen LogP contribution in [0.5, 0.6) is 0 Å². The van der Waals surface area contributed by atoms with Crippen molar-refractivity contribution in [3.05, 3.63) is 12.2 Å². The zero-order chi connectivity index (χ0) is 19.7. The average Bonchev–Trinajstić information content (AvgIpc) is 2.74. The highest BCUT2D eigenvalue weighted by Crippen LogP contribution is 2.63. The molecule has 2 heterocycles. The Morgan fingerprint density at radius 1 is 1.12 bits per heavy atom. The van der Waals surface area contributed by atoms with Gasteiger partial charge in [0.15, 0.2) is 0 Å². The molecule has 0 spiro atoms. The van der Waals surface area contributed by atoms with E-state index < -0.39 is 28.5 Å². The van der Waals surface area contributed by atoms with E-state index in [0.29, 0.717) is 31.1 Å². The molecule has 2 bridgehead atoms. The first kappa shape index (κ1) is 20.3. The van der Waals surface area contributed by atoms with Crippen LogP contribution in [-0.4, -0.2) is 43.8 Å². The van der Waals surface area contributed by atoms with E-state index in [2.05, 4.69) is 27.4 Å². The third kappa shape index (κ3) is 2.80. The molecule has 0 radical (unpaired) electrons. The lowest BCUT2D eigenvalue weighted by Gasteiger charge is -2.50. The van der Waals surface area contributed by atoms with E-state index in [9.17, 15) is 15.3 Å². The molecule has 0 aromatic heterocycles. The lowest BCUT2D eigenvalue weighted by molar-refractivity contribution is -0.209. The van der Waals surface area contributed by atoms with Gasteiger partial charge in [0, 0.05) is 18.3 Å². The topological polar surface area (TPSA) is 69.9 Å². The van der Waals surface area contributed by atoms with Gasteiger partial charge in [-0.3, -0.25) is 0 Å². The van der Waals surface area contributed by atoms with E-state index >= 15 is 0 Å². The first-order valence-electron chi connectivity index (χ1n) is 10.3. The van der Waals surface area contributed by atoms with Crippen molar-refractivity contribution in [3.8, 4) is 0 Å². The highest BCUT2D eigenvalue weighted by molar-refractivity contribution is 5.25. The van der Waals surface area contributed by atoms with Gasteiger partial charge in [-0.1, -0.05) is 26.0 Å². The van der Waals surface area contributed by atoms with Crippen LogP contribution in [-0.2, 0) is 4.74 Å². The average molecular weight is 367 g/mol. The molecule has 3 aliphatic rings. The summed E-state index contributed by atoms with van der Waals surface area (Å²) in [6, 6.07) is 0. The fraction of sp³-hybridized carbons (Fsp3) is 0.909. The largest absolute Gasteiger partial charge is 0.390 e. The van der Waals surface area contributed by atoms with Gasteiger partial charge < -0.3 is 20.1 Å². The van der Waals surface area contributed by atoms with Crippen LogP contribution in [0.25, 0.3) is 0 Å². The third-order valence-electron chi connectivity index (χ3n) is 8.06. The molecule has 1 aliphatic carbocycles. The van der Waals surface area contributed by atoms with Crippen LogP contribution in [0.1, 0.15) is 73.6 Å². The van der Waals surface area contributed by atoms with Gasteiger partial charge in [0.25, 0.3) is 0 Å². The molecule has 26 heavy (non-hydrogen) atoms. The van der Waals surface area contributed by atoms with E-state index in [-0.39, 0.29) is 11.8 Å². The lowest BCUT2D eigenvalue weighted by Crippen LogP contribution is -2.57. The Bertz CT molecular complexity index is 581.